The first kappa shape index (κ1) is 13.7. The Kier molecular flexibility index (Phi) is 3.58. The monoisotopic (exact) mass is 254 g/mol. The lowest BCUT2D eigenvalue weighted by Gasteiger charge is -2.44. The van der Waals surface area contributed by atoms with Gasteiger partial charge >= 0.3 is 6.09 Å². The zero-order valence-corrected chi connectivity index (χ0v) is 12.2. The number of hydrogen-bond donors (Lipinski definition) is 0. The molecule has 104 valence electrons. The maximum absolute atomic E-state index is 12.1. The second-order valence-corrected chi connectivity index (χ2v) is 6.75. The van der Waals surface area contributed by atoms with E-state index in [2.05, 4.69) is 11.9 Å². The highest BCUT2D eigenvalue weighted by molar-refractivity contribution is 5.68. The molecule has 1 spiro atoms. The molecule has 4 nitrogen and oxygen atoms in total. The van der Waals surface area contributed by atoms with E-state index >= 15 is 0 Å². The fraction of sp³-hybridized carbons (Fsp3) is 0.929. The predicted octanol–water partition coefficient (Wildman–Crippen LogP) is 2.48. The molecule has 0 bridgehead atoms. The zero-order chi connectivity index (χ0) is 13.4. The van der Waals surface area contributed by atoms with Crippen molar-refractivity contribution in [3.05, 3.63) is 0 Å². The molecule has 2 aliphatic rings. The summed E-state index contributed by atoms with van der Waals surface area (Å²) in [4.78, 5) is 16.5. The number of piperidine rings is 1. The minimum atomic E-state index is -0.400. The molecule has 0 aromatic heterocycles. The van der Waals surface area contributed by atoms with Gasteiger partial charge in [-0.1, -0.05) is 0 Å². The molecule has 1 amide bonds. The predicted molar refractivity (Wildman–Crippen MR) is 71.6 cm³/mol. The van der Waals surface area contributed by atoms with Gasteiger partial charge in [-0.15, -0.1) is 0 Å². The molecule has 2 saturated heterocycles. The third-order valence-electron chi connectivity index (χ3n) is 4.15. The fourth-order valence-corrected chi connectivity index (χ4v) is 3.18. The van der Waals surface area contributed by atoms with Crippen LogP contribution >= 0.6 is 0 Å². The molecule has 0 N–H and O–H groups in total. The second-order valence-electron chi connectivity index (χ2n) is 6.75. The molecule has 0 saturated carbocycles. The molecule has 1 unspecified atom stereocenters. The highest BCUT2D eigenvalue weighted by atomic mass is 16.6. The van der Waals surface area contributed by atoms with Gasteiger partial charge in [0.1, 0.15) is 5.60 Å². The van der Waals surface area contributed by atoms with Crippen LogP contribution in [0.25, 0.3) is 0 Å². The van der Waals surface area contributed by atoms with E-state index in [0.29, 0.717) is 0 Å². The van der Waals surface area contributed by atoms with Crippen LogP contribution in [-0.4, -0.2) is 53.7 Å². The summed E-state index contributed by atoms with van der Waals surface area (Å²) in [6.07, 6.45) is 4.61. The Morgan fingerprint density at radius 1 is 1.17 bits per heavy atom. The van der Waals surface area contributed by atoms with Crippen molar-refractivity contribution < 1.29 is 9.53 Å². The van der Waals surface area contributed by atoms with E-state index in [9.17, 15) is 4.79 Å². The first-order valence-electron chi connectivity index (χ1n) is 7.02. The summed E-state index contributed by atoms with van der Waals surface area (Å²) in [7, 11) is 2.19. The average molecular weight is 254 g/mol. The Morgan fingerprint density at radius 2 is 1.78 bits per heavy atom. The normalized spacial score (nSPS) is 29.9. The Balaban J connectivity index is 2.01. The fourth-order valence-electron chi connectivity index (χ4n) is 3.18. The maximum Gasteiger partial charge on any atom is 0.410 e. The van der Waals surface area contributed by atoms with Gasteiger partial charge in [-0.3, -0.25) is 4.90 Å². The first-order chi connectivity index (χ1) is 8.32. The number of likely N-dealkylation sites (N-methyl/N-ethyl adjacent to an activating group) is 1. The van der Waals surface area contributed by atoms with Crippen LogP contribution in [0.5, 0.6) is 0 Å². The van der Waals surface area contributed by atoms with Crippen LogP contribution in [0.4, 0.5) is 4.79 Å². The van der Waals surface area contributed by atoms with Gasteiger partial charge in [-0.2, -0.15) is 0 Å². The first-order valence-corrected chi connectivity index (χ1v) is 7.02. The van der Waals surface area contributed by atoms with Crippen LogP contribution in [0.1, 0.15) is 46.5 Å². The molecule has 2 aliphatic heterocycles. The van der Waals surface area contributed by atoms with Gasteiger partial charge in [0.25, 0.3) is 0 Å². The minimum Gasteiger partial charge on any atom is -0.444 e. The summed E-state index contributed by atoms with van der Waals surface area (Å²) in [5, 5.41) is 0. The lowest BCUT2D eigenvalue weighted by atomic mass is 9.87. The van der Waals surface area contributed by atoms with Crippen molar-refractivity contribution in [3.63, 3.8) is 0 Å². The number of nitrogens with zero attached hydrogens (tertiary/aromatic N) is 2. The van der Waals surface area contributed by atoms with Crippen LogP contribution in [0.3, 0.4) is 0 Å². The van der Waals surface area contributed by atoms with Crippen molar-refractivity contribution in [2.75, 3.05) is 26.7 Å². The van der Waals surface area contributed by atoms with E-state index in [1.54, 1.807) is 0 Å². The molecular weight excluding hydrogens is 228 g/mol. The van der Waals surface area contributed by atoms with E-state index in [0.717, 1.165) is 26.1 Å². The van der Waals surface area contributed by atoms with E-state index in [-0.39, 0.29) is 11.6 Å². The van der Waals surface area contributed by atoms with Crippen LogP contribution < -0.4 is 0 Å². The molecule has 0 aromatic carbocycles. The van der Waals surface area contributed by atoms with E-state index in [1.165, 1.54) is 19.3 Å². The SMILES string of the molecule is CN1CCCC12CCCN(C(=O)OC(C)(C)C)C2. The number of ether oxygens (including phenoxy) is 1. The third kappa shape index (κ3) is 2.79. The molecule has 0 aromatic rings. The molecule has 18 heavy (non-hydrogen) atoms. The summed E-state index contributed by atoms with van der Waals surface area (Å²) in [5.74, 6) is 0. The second kappa shape index (κ2) is 4.72. The van der Waals surface area contributed by atoms with Gasteiger partial charge in [0.05, 0.1) is 0 Å². The Hall–Kier alpha value is -0.770. The molecular formula is C14H26N2O2. The molecule has 2 heterocycles. The highest BCUT2D eigenvalue weighted by Gasteiger charge is 2.43. The highest BCUT2D eigenvalue weighted by Crippen LogP contribution is 2.36. The standard InChI is InChI=1S/C14H26N2O2/c1-13(2,3)18-12(17)16-10-6-8-14(11-16)7-5-9-15(14)4/h5-11H2,1-4H3. The van der Waals surface area contributed by atoms with Crippen LogP contribution in [-0.2, 0) is 4.74 Å². The number of hydrogen-bond acceptors (Lipinski definition) is 3. The van der Waals surface area contributed by atoms with Gasteiger partial charge in [-0.05, 0) is 60.0 Å². The van der Waals surface area contributed by atoms with Gasteiger partial charge in [0, 0.05) is 18.6 Å². The number of carbonyl (C=O) groups excluding carboxylic acids is 1. The zero-order valence-electron chi connectivity index (χ0n) is 12.2. The lowest BCUT2D eigenvalue weighted by molar-refractivity contribution is -0.000522. The Morgan fingerprint density at radius 3 is 2.33 bits per heavy atom. The summed E-state index contributed by atoms with van der Waals surface area (Å²) < 4.78 is 5.48. The quantitative estimate of drug-likeness (QED) is 0.666. The van der Waals surface area contributed by atoms with E-state index < -0.39 is 5.60 Å². The van der Waals surface area contributed by atoms with Crippen LogP contribution in [0.2, 0.25) is 0 Å². The molecule has 2 rings (SSSR count). The molecule has 0 aliphatic carbocycles. The average Bonchev–Trinajstić information content (AvgIpc) is 2.58. The Labute approximate surface area is 110 Å². The van der Waals surface area contributed by atoms with Crippen LogP contribution in [0.15, 0.2) is 0 Å². The number of amides is 1. The van der Waals surface area contributed by atoms with E-state index in [1.807, 2.05) is 25.7 Å². The van der Waals surface area contributed by atoms with Crippen LogP contribution in [0, 0.1) is 0 Å². The molecule has 1 atom stereocenters. The number of likely N-dealkylation sites (tertiary alicyclic amines) is 2. The molecule has 2 fully saturated rings. The van der Waals surface area contributed by atoms with Crippen molar-refractivity contribution in [1.82, 2.24) is 9.80 Å². The largest absolute Gasteiger partial charge is 0.444 e. The molecule has 0 radical (unpaired) electrons. The summed E-state index contributed by atoms with van der Waals surface area (Å²) >= 11 is 0. The summed E-state index contributed by atoms with van der Waals surface area (Å²) in [6.45, 7) is 8.59. The van der Waals surface area contributed by atoms with Crippen molar-refractivity contribution in [1.29, 1.82) is 0 Å². The lowest BCUT2D eigenvalue weighted by Crippen LogP contribution is -2.56. The van der Waals surface area contributed by atoms with Crippen molar-refractivity contribution in [3.8, 4) is 0 Å². The van der Waals surface area contributed by atoms with Gasteiger partial charge in [0.15, 0.2) is 0 Å². The van der Waals surface area contributed by atoms with Crippen molar-refractivity contribution in [2.24, 2.45) is 0 Å². The maximum atomic E-state index is 12.1. The van der Waals surface area contributed by atoms with Crippen molar-refractivity contribution in [2.45, 2.75) is 57.6 Å². The summed E-state index contributed by atoms with van der Waals surface area (Å²) in [6, 6.07) is 0. The van der Waals surface area contributed by atoms with Gasteiger partial charge in [0.2, 0.25) is 0 Å². The third-order valence-corrected chi connectivity index (χ3v) is 4.15. The summed E-state index contributed by atoms with van der Waals surface area (Å²) in [5.41, 5.74) is -0.182. The number of rotatable bonds is 0. The Bertz CT molecular complexity index is 324. The topological polar surface area (TPSA) is 32.8 Å². The van der Waals surface area contributed by atoms with Gasteiger partial charge < -0.3 is 9.64 Å². The molecule has 4 heteroatoms. The van der Waals surface area contributed by atoms with Gasteiger partial charge in [-0.25, -0.2) is 4.79 Å². The number of carbonyl (C=O) groups is 1. The van der Waals surface area contributed by atoms with E-state index in [4.69, 9.17) is 4.74 Å². The van der Waals surface area contributed by atoms with Crippen molar-refractivity contribution >= 4 is 6.09 Å². The minimum absolute atomic E-state index is 0.151. The smallest absolute Gasteiger partial charge is 0.410 e.